The van der Waals surface area contributed by atoms with Gasteiger partial charge in [-0.2, -0.15) is 0 Å². The molecule has 0 aliphatic rings. The summed E-state index contributed by atoms with van der Waals surface area (Å²) in [6, 6.07) is 22.2. The van der Waals surface area contributed by atoms with Gasteiger partial charge < -0.3 is 14.5 Å². The van der Waals surface area contributed by atoms with Crippen LogP contribution in [0.1, 0.15) is 103 Å². The third kappa shape index (κ3) is 8.00. The van der Waals surface area contributed by atoms with Crippen molar-refractivity contribution in [3.05, 3.63) is 94.5 Å². The molecule has 0 aliphatic carbocycles. The number of methoxy groups -OCH3 is 1. The van der Waals surface area contributed by atoms with Crippen molar-refractivity contribution in [2.75, 3.05) is 32.1 Å². The summed E-state index contributed by atoms with van der Waals surface area (Å²) >= 11 is 0. The summed E-state index contributed by atoms with van der Waals surface area (Å²) in [4.78, 5) is 30.3. The SMILES string of the molecule is CCCN(CCC(C)C[C@H](C)c1ccccc1)c1cccc(C=O)c1C(=O)N(C)C(C)c1ccc(CC)c(OC)c1. The molecule has 3 rings (SSSR count). The molecule has 2 unspecified atom stereocenters. The molecule has 220 valence electrons. The Morgan fingerprint density at radius 3 is 2.29 bits per heavy atom. The number of hydrogen-bond donors (Lipinski definition) is 0. The number of aldehydes is 1. The summed E-state index contributed by atoms with van der Waals surface area (Å²) in [5.41, 5.74) is 5.24. The maximum absolute atomic E-state index is 14.1. The summed E-state index contributed by atoms with van der Waals surface area (Å²) in [5, 5.41) is 0. The van der Waals surface area contributed by atoms with Crippen molar-refractivity contribution in [2.45, 2.75) is 72.3 Å². The summed E-state index contributed by atoms with van der Waals surface area (Å²) in [5.74, 6) is 1.68. The van der Waals surface area contributed by atoms with Crippen molar-refractivity contribution in [1.29, 1.82) is 0 Å². The van der Waals surface area contributed by atoms with E-state index in [0.717, 1.165) is 67.6 Å². The largest absolute Gasteiger partial charge is 0.496 e. The normalized spacial score (nSPS) is 13.2. The van der Waals surface area contributed by atoms with E-state index in [1.807, 2.05) is 32.2 Å². The predicted octanol–water partition coefficient (Wildman–Crippen LogP) is 8.34. The molecule has 41 heavy (non-hydrogen) atoms. The third-order valence-corrected chi connectivity index (χ3v) is 8.34. The van der Waals surface area contributed by atoms with Gasteiger partial charge in [-0.05, 0) is 73.3 Å². The molecule has 0 saturated heterocycles. The van der Waals surface area contributed by atoms with Crippen molar-refractivity contribution in [3.8, 4) is 5.75 Å². The summed E-state index contributed by atoms with van der Waals surface area (Å²) in [6.45, 7) is 12.5. The maximum atomic E-state index is 14.1. The first kappa shape index (κ1) is 31.9. The summed E-state index contributed by atoms with van der Waals surface area (Å²) < 4.78 is 5.60. The fourth-order valence-electron chi connectivity index (χ4n) is 5.68. The van der Waals surface area contributed by atoms with E-state index in [4.69, 9.17) is 4.74 Å². The maximum Gasteiger partial charge on any atom is 0.256 e. The number of ether oxygens (including phenoxy) is 1. The molecule has 0 radical (unpaired) electrons. The number of aryl methyl sites for hydroxylation is 1. The molecule has 3 aromatic carbocycles. The number of amides is 1. The number of anilines is 1. The minimum absolute atomic E-state index is 0.152. The second kappa shape index (κ2) is 15.4. The van der Waals surface area contributed by atoms with Crippen molar-refractivity contribution in [2.24, 2.45) is 5.92 Å². The Balaban J connectivity index is 1.84. The fourth-order valence-corrected chi connectivity index (χ4v) is 5.68. The average molecular weight is 557 g/mol. The molecule has 0 aromatic heterocycles. The van der Waals surface area contributed by atoms with Crippen LogP contribution in [0.15, 0.2) is 66.7 Å². The van der Waals surface area contributed by atoms with Gasteiger partial charge in [-0.1, -0.05) is 82.3 Å². The molecule has 0 fully saturated rings. The van der Waals surface area contributed by atoms with Crippen molar-refractivity contribution in [1.82, 2.24) is 4.90 Å². The molecule has 0 spiro atoms. The first-order valence-electron chi connectivity index (χ1n) is 15.1. The lowest BCUT2D eigenvalue weighted by Gasteiger charge is -2.32. The van der Waals surface area contributed by atoms with Crippen molar-refractivity contribution >= 4 is 17.9 Å². The van der Waals surface area contributed by atoms with Crippen LogP contribution in [0.4, 0.5) is 5.69 Å². The number of nitrogens with zero attached hydrogens (tertiary/aromatic N) is 2. The Labute approximate surface area is 247 Å². The zero-order valence-corrected chi connectivity index (χ0v) is 26.0. The number of carbonyl (C=O) groups is 2. The molecular weight excluding hydrogens is 508 g/mol. The smallest absolute Gasteiger partial charge is 0.256 e. The highest BCUT2D eigenvalue weighted by molar-refractivity contribution is 6.06. The van der Waals surface area contributed by atoms with Gasteiger partial charge in [0, 0.05) is 25.7 Å². The number of carbonyl (C=O) groups excluding carboxylic acids is 2. The van der Waals surface area contributed by atoms with E-state index in [0.29, 0.717) is 23.0 Å². The van der Waals surface area contributed by atoms with Gasteiger partial charge in [0.2, 0.25) is 0 Å². The van der Waals surface area contributed by atoms with E-state index in [2.05, 4.69) is 75.1 Å². The van der Waals surface area contributed by atoms with Gasteiger partial charge in [0.25, 0.3) is 5.91 Å². The minimum atomic E-state index is -0.200. The first-order chi connectivity index (χ1) is 19.7. The molecule has 3 aromatic rings. The van der Waals surface area contributed by atoms with Gasteiger partial charge in [-0.15, -0.1) is 0 Å². The Hall–Kier alpha value is -3.60. The molecule has 3 atom stereocenters. The van der Waals surface area contributed by atoms with Gasteiger partial charge in [0.15, 0.2) is 6.29 Å². The van der Waals surface area contributed by atoms with Crippen LogP contribution in [0.5, 0.6) is 5.75 Å². The second-order valence-electron chi connectivity index (χ2n) is 11.3. The predicted molar refractivity (Wildman–Crippen MR) is 170 cm³/mol. The average Bonchev–Trinajstić information content (AvgIpc) is 3.01. The lowest BCUT2D eigenvalue weighted by atomic mass is 9.89. The molecule has 0 aliphatic heterocycles. The van der Waals surface area contributed by atoms with Crippen LogP contribution >= 0.6 is 0 Å². The fraction of sp³-hybridized carbons (Fsp3) is 0.444. The third-order valence-electron chi connectivity index (χ3n) is 8.34. The van der Waals surface area contributed by atoms with Gasteiger partial charge in [-0.25, -0.2) is 0 Å². The molecule has 0 heterocycles. The highest BCUT2D eigenvalue weighted by Crippen LogP contribution is 2.32. The van der Waals surface area contributed by atoms with Crippen LogP contribution in [0, 0.1) is 5.92 Å². The van der Waals surface area contributed by atoms with Gasteiger partial charge in [-0.3, -0.25) is 9.59 Å². The molecule has 0 bridgehead atoms. The van der Waals surface area contributed by atoms with E-state index < -0.39 is 0 Å². The Kier molecular flexibility index (Phi) is 12.0. The highest BCUT2D eigenvalue weighted by atomic mass is 16.5. The topological polar surface area (TPSA) is 49.9 Å². The van der Waals surface area contributed by atoms with Crippen LogP contribution in [0.3, 0.4) is 0 Å². The highest BCUT2D eigenvalue weighted by Gasteiger charge is 2.27. The Bertz CT molecular complexity index is 1270. The summed E-state index contributed by atoms with van der Waals surface area (Å²) in [6.07, 6.45) is 4.74. The second-order valence-corrected chi connectivity index (χ2v) is 11.3. The quantitative estimate of drug-likeness (QED) is 0.177. The van der Waals surface area contributed by atoms with E-state index >= 15 is 0 Å². The van der Waals surface area contributed by atoms with Gasteiger partial charge >= 0.3 is 0 Å². The molecule has 0 N–H and O–H groups in total. The number of rotatable bonds is 15. The lowest BCUT2D eigenvalue weighted by Crippen LogP contribution is -2.34. The van der Waals surface area contributed by atoms with E-state index in [9.17, 15) is 9.59 Å². The standard InChI is InChI=1S/C36H48N2O3/c1-8-21-38(22-20-26(3)23-27(4)30-14-11-10-12-15-30)33-17-13-16-32(25-39)35(33)36(40)37(6)28(5)31-19-18-29(9-2)34(24-31)41-7/h10-19,24-28H,8-9,20-23H2,1-7H3/t26?,27-,28?/m0/s1. The zero-order chi connectivity index (χ0) is 29.9. The lowest BCUT2D eigenvalue weighted by molar-refractivity contribution is 0.0740. The van der Waals surface area contributed by atoms with Crippen molar-refractivity contribution in [3.63, 3.8) is 0 Å². The monoisotopic (exact) mass is 556 g/mol. The molecule has 5 nitrogen and oxygen atoms in total. The minimum Gasteiger partial charge on any atom is -0.496 e. The molecule has 1 amide bonds. The van der Waals surface area contributed by atoms with Crippen LogP contribution in [0.25, 0.3) is 0 Å². The van der Waals surface area contributed by atoms with Crippen LogP contribution in [-0.4, -0.2) is 44.3 Å². The number of hydrogen-bond acceptors (Lipinski definition) is 4. The van der Waals surface area contributed by atoms with E-state index in [-0.39, 0.29) is 11.9 Å². The molecule has 0 saturated carbocycles. The Morgan fingerprint density at radius 1 is 0.927 bits per heavy atom. The number of benzene rings is 3. The van der Waals surface area contributed by atoms with Crippen LogP contribution in [-0.2, 0) is 6.42 Å². The van der Waals surface area contributed by atoms with E-state index in [1.165, 1.54) is 5.56 Å². The Morgan fingerprint density at radius 2 is 1.66 bits per heavy atom. The zero-order valence-electron chi connectivity index (χ0n) is 26.0. The van der Waals surface area contributed by atoms with E-state index in [1.54, 1.807) is 18.1 Å². The van der Waals surface area contributed by atoms with Gasteiger partial charge in [0.1, 0.15) is 5.75 Å². The van der Waals surface area contributed by atoms with Crippen molar-refractivity contribution < 1.29 is 14.3 Å². The molecular formula is C36H48N2O3. The van der Waals surface area contributed by atoms with Gasteiger partial charge in [0.05, 0.1) is 24.4 Å². The van der Waals surface area contributed by atoms with Crippen LogP contribution < -0.4 is 9.64 Å². The molecule has 5 heteroatoms. The summed E-state index contributed by atoms with van der Waals surface area (Å²) in [7, 11) is 3.49. The first-order valence-corrected chi connectivity index (χ1v) is 15.1. The van der Waals surface area contributed by atoms with Crippen LogP contribution in [0.2, 0.25) is 0 Å².